The zero-order valence-electron chi connectivity index (χ0n) is 13.6. The number of hydrogen-bond donors (Lipinski definition) is 0. The lowest BCUT2D eigenvalue weighted by molar-refractivity contribution is 0.486. The minimum atomic E-state index is -1.74. The van der Waals surface area contributed by atoms with E-state index in [4.69, 9.17) is 4.43 Å². The molecule has 0 N–H and O–H groups in total. The molecule has 1 aliphatic carbocycles. The van der Waals surface area contributed by atoms with Crippen molar-refractivity contribution in [2.75, 3.05) is 0 Å². The van der Waals surface area contributed by atoms with E-state index >= 15 is 0 Å². The van der Waals surface area contributed by atoms with Crippen molar-refractivity contribution >= 4 is 8.32 Å². The van der Waals surface area contributed by atoms with Crippen LogP contribution in [-0.2, 0) is 0 Å². The molecule has 1 aromatic carbocycles. The first kappa shape index (κ1) is 14.6. The third-order valence-electron chi connectivity index (χ3n) is 4.69. The second kappa shape index (κ2) is 4.66. The van der Waals surface area contributed by atoms with Crippen LogP contribution < -0.4 is 4.43 Å². The minimum absolute atomic E-state index is 0.251. The molecule has 1 aromatic rings. The van der Waals surface area contributed by atoms with Crippen molar-refractivity contribution in [3.8, 4) is 5.75 Å². The van der Waals surface area contributed by atoms with Crippen molar-refractivity contribution < 1.29 is 4.43 Å². The first-order valence-electron chi connectivity index (χ1n) is 7.42. The van der Waals surface area contributed by atoms with Crippen LogP contribution in [0.4, 0.5) is 0 Å². The maximum absolute atomic E-state index is 6.52. The Bertz CT molecular complexity index is 456. The molecular weight excluding hydrogens is 248 g/mol. The molecular formula is C17H28OSi. The van der Waals surface area contributed by atoms with Gasteiger partial charge in [0.05, 0.1) is 0 Å². The lowest BCUT2D eigenvalue weighted by Gasteiger charge is -2.37. The second-order valence-electron chi connectivity index (χ2n) is 7.62. The van der Waals surface area contributed by atoms with E-state index in [1.54, 1.807) is 0 Å². The molecule has 0 saturated heterocycles. The Kier molecular flexibility index (Phi) is 3.59. The Hall–Kier alpha value is -0.763. The highest BCUT2D eigenvalue weighted by Crippen LogP contribution is 2.44. The molecule has 2 rings (SSSR count). The van der Waals surface area contributed by atoms with Gasteiger partial charge < -0.3 is 4.43 Å². The maximum atomic E-state index is 6.52. The quantitative estimate of drug-likeness (QED) is 0.656. The van der Waals surface area contributed by atoms with Crippen LogP contribution in [0.5, 0.6) is 5.75 Å². The van der Waals surface area contributed by atoms with E-state index in [0.717, 1.165) is 11.7 Å². The van der Waals surface area contributed by atoms with E-state index in [0.29, 0.717) is 0 Å². The van der Waals surface area contributed by atoms with Gasteiger partial charge in [-0.15, -0.1) is 0 Å². The summed E-state index contributed by atoms with van der Waals surface area (Å²) in [6.07, 6.45) is 2.72. The molecule has 1 aliphatic rings. The molecule has 0 unspecified atom stereocenters. The van der Waals surface area contributed by atoms with Crippen LogP contribution in [0.1, 0.15) is 56.2 Å². The van der Waals surface area contributed by atoms with Crippen molar-refractivity contribution in [3.05, 3.63) is 28.8 Å². The molecule has 1 nitrogen and oxygen atoms in total. The summed E-state index contributed by atoms with van der Waals surface area (Å²) in [5.74, 6) is 1.95. The highest BCUT2D eigenvalue weighted by Gasteiger charge is 2.39. The van der Waals surface area contributed by atoms with E-state index in [1.165, 1.54) is 29.5 Å². The van der Waals surface area contributed by atoms with E-state index < -0.39 is 8.32 Å². The molecule has 0 bridgehead atoms. The van der Waals surface area contributed by atoms with Crippen molar-refractivity contribution in [1.29, 1.82) is 0 Å². The van der Waals surface area contributed by atoms with Gasteiger partial charge in [0.25, 0.3) is 8.32 Å². The van der Waals surface area contributed by atoms with Gasteiger partial charge in [-0.1, -0.05) is 32.9 Å². The predicted molar refractivity (Wildman–Crippen MR) is 85.7 cm³/mol. The van der Waals surface area contributed by atoms with Crippen LogP contribution in [0, 0.1) is 13.8 Å². The van der Waals surface area contributed by atoms with E-state index in [2.05, 4.69) is 59.8 Å². The van der Waals surface area contributed by atoms with Gasteiger partial charge in [-0.3, -0.25) is 0 Å². The maximum Gasteiger partial charge on any atom is 0.250 e. The average Bonchev–Trinajstić information content (AvgIpc) is 3.05. The van der Waals surface area contributed by atoms with E-state index in [9.17, 15) is 0 Å². The number of hydrogen-bond acceptors (Lipinski definition) is 1. The summed E-state index contributed by atoms with van der Waals surface area (Å²) < 4.78 is 6.52. The molecule has 0 atom stereocenters. The number of rotatable bonds is 3. The summed E-state index contributed by atoms with van der Waals surface area (Å²) in [6, 6.07) is 4.68. The minimum Gasteiger partial charge on any atom is -0.543 e. The molecule has 0 amide bonds. The first-order valence-corrected chi connectivity index (χ1v) is 10.3. The van der Waals surface area contributed by atoms with Gasteiger partial charge in [0.15, 0.2) is 0 Å². The fraction of sp³-hybridized carbons (Fsp3) is 0.647. The third-order valence-corrected chi connectivity index (χ3v) is 9.02. The zero-order valence-corrected chi connectivity index (χ0v) is 14.6. The number of aryl methyl sites for hydroxylation is 2. The fourth-order valence-corrected chi connectivity index (χ4v) is 3.34. The summed E-state index contributed by atoms with van der Waals surface area (Å²) in [5, 5.41) is 0.251. The van der Waals surface area contributed by atoms with Gasteiger partial charge in [-0.2, -0.15) is 0 Å². The second-order valence-corrected chi connectivity index (χ2v) is 12.3. The first-order chi connectivity index (χ1) is 8.62. The fourth-order valence-electron chi connectivity index (χ4n) is 2.21. The molecule has 0 spiro atoms. The molecule has 1 saturated carbocycles. The summed E-state index contributed by atoms with van der Waals surface area (Å²) >= 11 is 0. The van der Waals surface area contributed by atoms with Gasteiger partial charge in [-0.05, 0) is 67.4 Å². The summed E-state index contributed by atoms with van der Waals surface area (Å²) in [7, 11) is -1.74. The van der Waals surface area contributed by atoms with Crippen LogP contribution in [0.15, 0.2) is 12.1 Å². The highest BCUT2D eigenvalue weighted by molar-refractivity contribution is 6.74. The zero-order chi connectivity index (χ0) is 14.4. The Morgan fingerprint density at radius 2 is 1.53 bits per heavy atom. The topological polar surface area (TPSA) is 9.23 Å². The van der Waals surface area contributed by atoms with Crippen LogP contribution in [0.25, 0.3) is 0 Å². The largest absolute Gasteiger partial charge is 0.543 e. The molecule has 1 fully saturated rings. The Balaban J connectivity index is 2.30. The van der Waals surface area contributed by atoms with Gasteiger partial charge in [0, 0.05) is 0 Å². The summed E-state index contributed by atoms with van der Waals surface area (Å²) in [4.78, 5) is 0. The van der Waals surface area contributed by atoms with Crippen molar-refractivity contribution in [2.45, 2.75) is 71.5 Å². The molecule has 0 aromatic heterocycles. The molecule has 0 radical (unpaired) electrons. The molecule has 2 heteroatoms. The lowest BCUT2D eigenvalue weighted by Crippen LogP contribution is -2.44. The monoisotopic (exact) mass is 276 g/mol. The normalized spacial score (nSPS) is 16.6. The van der Waals surface area contributed by atoms with Gasteiger partial charge in [0.1, 0.15) is 5.75 Å². The summed E-state index contributed by atoms with van der Waals surface area (Å²) in [6.45, 7) is 15.9. The highest BCUT2D eigenvalue weighted by atomic mass is 28.4. The lowest BCUT2D eigenvalue weighted by atomic mass is 10.0. The van der Waals surface area contributed by atoms with Gasteiger partial charge >= 0.3 is 0 Å². The van der Waals surface area contributed by atoms with Gasteiger partial charge in [-0.25, -0.2) is 0 Å². The van der Waals surface area contributed by atoms with Crippen LogP contribution in [0.2, 0.25) is 18.1 Å². The van der Waals surface area contributed by atoms with Crippen LogP contribution in [0.3, 0.4) is 0 Å². The SMILES string of the molecule is Cc1cc(C2CC2)cc(C)c1O[Si](C)(C)C(C)(C)C. The van der Waals surface area contributed by atoms with Gasteiger partial charge in [0.2, 0.25) is 0 Å². The Morgan fingerprint density at radius 1 is 1.05 bits per heavy atom. The van der Waals surface area contributed by atoms with Crippen LogP contribution >= 0.6 is 0 Å². The van der Waals surface area contributed by atoms with Crippen molar-refractivity contribution in [3.63, 3.8) is 0 Å². The smallest absolute Gasteiger partial charge is 0.250 e. The van der Waals surface area contributed by atoms with Crippen LogP contribution in [-0.4, -0.2) is 8.32 Å². The Labute approximate surface area is 119 Å². The van der Waals surface area contributed by atoms with Crippen molar-refractivity contribution in [2.24, 2.45) is 0 Å². The molecule has 19 heavy (non-hydrogen) atoms. The summed E-state index contributed by atoms with van der Waals surface area (Å²) in [5.41, 5.74) is 4.14. The predicted octanol–water partition coefficient (Wildman–Crippen LogP) is 5.56. The van der Waals surface area contributed by atoms with E-state index in [-0.39, 0.29) is 5.04 Å². The molecule has 0 heterocycles. The average molecular weight is 276 g/mol. The molecule has 106 valence electrons. The van der Waals surface area contributed by atoms with E-state index in [1.807, 2.05) is 0 Å². The third kappa shape index (κ3) is 3.05. The Morgan fingerprint density at radius 3 is 1.89 bits per heavy atom. The number of benzene rings is 1. The molecule has 0 aliphatic heterocycles. The van der Waals surface area contributed by atoms with Crippen molar-refractivity contribution in [1.82, 2.24) is 0 Å². The standard InChI is InChI=1S/C17H28OSi/c1-12-10-15(14-8-9-14)11-13(2)16(12)18-19(6,7)17(3,4)5/h10-11,14H,8-9H2,1-7H3.